The molecular formula is C11H7F2N3O. The highest BCUT2D eigenvalue weighted by Crippen LogP contribution is 2.27. The molecule has 1 aromatic carbocycles. The van der Waals surface area contributed by atoms with Gasteiger partial charge in [0.15, 0.2) is 11.6 Å². The van der Waals surface area contributed by atoms with Crippen LogP contribution in [0.1, 0.15) is 5.82 Å². The molecule has 0 bridgehead atoms. The lowest BCUT2D eigenvalue weighted by atomic mass is 10.1. The summed E-state index contributed by atoms with van der Waals surface area (Å²) in [7, 11) is 1.25. The molecule has 0 atom stereocenters. The number of ether oxygens (including phenoxy) is 1. The number of nitriles is 1. The Balaban J connectivity index is 2.53. The molecule has 2 rings (SSSR count). The summed E-state index contributed by atoms with van der Waals surface area (Å²) in [4.78, 5) is 6.25. The number of methoxy groups -OCH3 is 1. The van der Waals surface area contributed by atoms with Gasteiger partial charge in [-0.2, -0.15) is 5.26 Å². The van der Waals surface area contributed by atoms with Crippen molar-refractivity contribution in [2.75, 3.05) is 7.11 Å². The molecule has 0 aliphatic heterocycles. The van der Waals surface area contributed by atoms with Crippen LogP contribution in [0.2, 0.25) is 0 Å². The van der Waals surface area contributed by atoms with Crippen LogP contribution >= 0.6 is 0 Å². The number of H-pyrrole nitrogens is 1. The minimum absolute atomic E-state index is 0.00250. The molecule has 17 heavy (non-hydrogen) atoms. The third-order valence-electron chi connectivity index (χ3n) is 2.21. The van der Waals surface area contributed by atoms with Crippen LogP contribution in [0.3, 0.4) is 0 Å². The summed E-state index contributed by atoms with van der Waals surface area (Å²) >= 11 is 0. The quantitative estimate of drug-likeness (QED) is 0.868. The number of nitrogens with one attached hydrogen (secondary N) is 1. The molecule has 0 unspecified atom stereocenters. The Morgan fingerprint density at radius 1 is 1.35 bits per heavy atom. The standard InChI is InChI=1S/C11H7F2N3O/c1-17-10-3-7(12)6(2-8(10)13)9-5-15-11(4-14)16-9/h2-3,5H,1H3,(H,15,16). The van der Waals surface area contributed by atoms with Crippen LogP contribution in [-0.4, -0.2) is 17.1 Å². The number of benzene rings is 1. The Hall–Kier alpha value is -2.42. The molecule has 0 aliphatic carbocycles. The maximum Gasteiger partial charge on any atom is 0.210 e. The van der Waals surface area contributed by atoms with E-state index in [9.17, 15) is 8.78 Å². The number of hydrogen-bond donors (Lipinski definition) is 1. The molecule has 1 aromatic heterocycles. The summed E-state index contributed by atoms with van der Waals surface area (Å²) in [5.41, 5.74) is 0.234. The van der Waals surface area contributed by atoms with Crippen molar-refractivity contribution < 1.29 is 13.5 Å². The summed E-state index contributed by atoms with van der Waals surface area (Å²) in [6, 6.07) is 3.70. The molecule has 1 N–H and O–H groups in total. The molecule has 6 heteroatoms. The zero-order valence-corrected chi connectivity index (χ0v) is 8.79. The first-order valence-corrected chi connectivity index (χ1v) is 4.64. The maximum atomic E-state index is 13.6. The van der Waals surface area contributed by atoms with E-state index in [0.29, 0.717) is 0 Å². The second kappa shape index (κ2) is 4.22. The monoisotopic (exact) mass is 235 g/mol. The highest BCUT2D eigenvalue weighted by Gasteiger charge is 2.13. The number of halogens is 2. The van der Waals surface area contributed by atoms with E-state index in [4.69, 9.17) is 5.26 Å². The van der Waals surface area contributed by atoms with E-state index in [1.807, 2.05) is 0 Å². The maximum absolute atomic E-state index is 13.6. The molecule has 4 nitrogen and oxygen atoms in total. The van der Waals surface area contributed by atoms with E-state index in [1.165, 1.54) is 13.3 Å². The van der Waals surface area contributed by atoms with Crippen LogP contribution in [0, 0.1) is 23.0 Å². The van der Waals surface area contributed by atoms with Crippen molar-refractivity contribution in [2.24, 2.45) is 0 Å². The van der Waals surface area contributed by atoms with Crippen molar-refractivity contribution in [1.29, 1.82) is 5.26 Å². The Morgan fingerprint density at radius 3 is 2.71 bits per heavy atom. The SMILES string of the molecule is COc1cc(F)c(-c2cnc(C#N)[nH]2)cc1F. The molecule has 0 spiro atoms. The lowest BCUT2D eigenvalue weighted by molar-refractivity contribution is 0.383. The van der Waals surface area contributed by atoms with Gasteiger partial charge in [-0.1, -0.05) is 0 Å². The molecule has 0 amide bonds. The summed E-state index contributed by atoms with van der Waals surface area (Å²) < 4.78 is 31.7. The number of nitrogens with zero attached hydrogens (tertiary/aromatic N) is 2. The molecular weight excluding hydrogens is 228 g/mol. The van der Waals surface area contributed by atoms with Crippen molar-refractivity contribution in [3.05, 3.63) is 35.8 Å². The predicted molar refractivity (Wildman–Crippen MR) is 55.2 cm³/mol. The first-order valence-electron chi connectivity index (χ1n) is 4.64. The third-order valence-corrected chi connectivity index (χ3v) is 2.21. The Morgan fingerprint density at radius 2 is 2.12 bits per heavy atom. The Labute approximate surface area is 95.5 Å². The fraction of sp³-hybridized carbons (Fsp3) is 0.0909. The van der Waals surface area contributed by atoms with E-state index in [-0.39, 0.29) is 22.8 Å². The van der Waals surface area contributed by atoms with Gasteiger partial charge in [0.1, 0.15) is 11.9 Å². The van der Waals surface area contributed by atoms with Crippen LogP contribution in [0.5, 0.6) is 5.75 Å². The van der Waals surface area contributed by atoms with E-state index in [0.717, 1.165) is 12.1 Å². The topological polar surface area (TPSA) is 61.7 Å². The minimum atomic E-state index is -0.683. The number of aromatic nitrogens is 2. The number of aromatic amines is 1. The predicted octanol–water partition coefficient (Wildman–Crippen LogP) is 2.24. The highest BCUT2D eigenvalue weighted by atomic mass is 19.1. The molecule has 2 aromatic rings. The minimum Gasteiger partial charge on any atom is -0.494 e. The molecule has 0 radical (unpaired) electrons. The smallest absolute Gasteiger partial charge is 0.210 e. The molecule has 86 valence electrons. The van der Waals surface area contributed by atoms with Gasteiger partial charge < -0.3 is 9.72 Å². The van der Waals surface area contributed by atoms with E-state index in [1.54, 1.807) is 6.07 Å². The van der Waals surface area contributed by atoms with E-state index < -0.39 is 11.6 Å². The summed E-state index contributed by atoms with van der Waals surface area (Å²) in [5, 5.41) is 8.57. The second-order valence-corrected chi connectivity index (χ2v) is 3.22. The summed E-state index contributed by atoms with van der Waals surface area (Å²) in [6.07, 6.45) is 1.27. The van der Waals surface area contributed by atoms with Gasteiger partial charge in [-0.25, -0.2) is 13.8 Å². The second-order valence-electron chi connectivity index (χ2n) is 3.22. The van der Waals surface area contributed by atoms with Crippen LogP contribution < -0.4 is 4.74 Å². The number of imidazole rings is 1. The van der Waals surface area contributed by atoms with Gasteiger partial charge in [0.2, 0.25) is 5.82 Å². The van der Waals surface area contributed by atoms with Crippen molar-refractivity contribution in [1.82, 2.24) is 9.97 Å². The molecule has 0 aliphatic rings. The van der Waals surface area contributed by atoms with Gasteiger partial charge >= 0.3 is 0 Å². The lowest BCUT2D eigenvalue weighted by Crippen LogP contribution is -1.93. The first kappa shape index (κ1) is 11.1. The average molecular weight is 235 g/mol. The van der Waals surface area contributed by atoms with Gasteiger partial charge in [-0.15, -0.1) is 0 Å². The highest BCUT2D eigenvalue weighted by molar-refractivity contribution is 5.61. The van der Waals surface area contributed by atoms with Crippen LogP contribution in [0.15, 0.2) is 18.3 Å². The molecule has 0 saturated heterocycles. The fourth-order valence-electron chi connectivity index (χ4n) is 1.41. The van der Waals surface area contributed by atoms with Gasteiger partial charge in [-0.3, -0.25) is 0 Å². The van der Waals surface area contributed by atoms with Gasteiger partial charge in [-0.05, 0) is 6.07 Å². The van der Waals surface area contributed by atoms with Crippen molar-refractivity contribution >= 4 is 0 Å². The van der Waals surface area contributed by atoms with E-state index in [2.05, 4.69) is 14.7 Å². The zero-order valence-electron chi connectivity index (χ0n) is 8.79. The Bertz CT molecular complexity index is 601. The molecule has 1 heterocycles. The van der Waals surface area contributed by atoms with Gasteiger partial charge in [0.05, 0.1) is 19.0 Å². The van der Waals surface area contributed by atoms with Crippen LogP contribution in [0.25, 0.3) is 11.3 Å². The first-order chi connectivity index (χ1) is 8.15. The van der Waals surface area contributed by atoms with Crippen molar-refractivity contribution in [2.45, 2.75) is 0 Å². The van der Waals surface area contributed by atoms with Crippen molar-refractivity contribution in [3.63, 3.8) is 0 Å². The average Bonchev–Trinajstić information content (AvgIpc) is 2.80. The number of hydrogen-bond acceptors (Lipinski definition) is 3. The van der Waals surface area contributed by atoms with E-state index >= 15 is 0 Å². The van der Waals surface area contributed by atoms with Crippen molar-refractivity contribution in [3.8, 4) is 23.1 Å². The molecule has 0 fully saturated rings. The summed E-state index contributed by atoms with van der Waals surface area (Å²) in [6.45, 7) is 0. The third kappa shape index (κ3) is 1.95. The number of rotatable bonds is 2. The fourth-order valence-corrected chi connectivity index (χ4v) is 1.41. The lowest BCUT2D eigenvalue weighted by Gasteiger charge is -2.05. The van der Waals surface area contributed by atoms with Crippen LogP contribution in [-0.2, 0) is 0 Å². The normalized spacial score (nSPS) is 10.0. The largest absolute Gasteiger partial charge is 0.494 e. The van der Waals surface area contributed by atoms with Gasteiger partial charge in [0, 0.05) is 11.6 Å². The molecule has 0 saturated carbocycles. The Kier molecular flexibility index (Phi) is 2.75. The van der Waals surface area contributed by atoms with Gasteiger partial charge in [0.25, 0.3) is 0 Å². The zero-order chi connectivity index (χ0) is 12.4. The van der Waals surface area contributed by atoms with Crippen LogP contribution in [0.4, 0.5) is 8.78 Å². The summed E-state index contributed by atoms with van der Waals surface area (Å²) in [5.74, 6) is -1.48.